The summed E-state index contributed by atoms with van der Waals surface area (Å²) in [5, 5.41) is 0. The zero-order chi connectivity index (χ0) is 30.2. The molecule has 3 rings (SSSR count). The van der Waals surface area contributed by atoms with Crippen LogP contribution in [0.2, 0.25) is 0 Å². The maximum Gasteiger partial charge on any atom is 0.416 e. The summed E-state index contributed by atoms with van der Waals surface area (Å²) in [5.41, 5.74) is -2.92. The number of aryl methyl sites for hydroxylation is 1. The lowest BCUT2D eigenvalue weighted by molar-refractivity contribution is -0.143. The van der Waals surface area contributed by atoms with E-state index >= 15 is 0 Å². The highest BCUT2D eigenvalue weighted by Crippen LogP contribution is 2.38. The molecule has 2 atom stereocenters. The molecule has 0 aliphatic carbocycles. The van der Waals surface area contributed by atoms with Crippen molar-refractivity contribution in [3.8, 4) is 0 Å². The van der Waals surface area contributed by atoms with Gasteiger partial charge in [0.25, 0.3) is 0 Å². The van der Waals surface area contributed by atoms with Gasteiger partial charge >= 0.3 is 18.4 Å². The zero-order valence-corrected chi connectivity index (χ0v) is 22.7. The third-order valence-corrected chi connectivity index (χ3v) is 6.66. The van der Waals surface area contributed by atoms with E-state index in [9.17, 15) is 40.3 Å². The molecule has 1 saturated heterocycles. The highest BCUT2D eigenvalue weighted by Gasteiger charge is 2.41. The highest BCUT2D eigenvalue weighted by molar-refractivity contribution is 5.80. The van der Waals surface area contributed by atoms with Gasteiger partial charge < -0.3 is 14.5 Å². The Labute approximate surface area is 227 Å². The van der Waals surface area contributed by atoms with Gasteiger partial charge in [0.15, 0.2) is 0 Å². The average molecular weight is 577 g/mol. The summed E-state index contributed by atoms with van der Waals surface area (Å²) < 4.78 is 99.2. The molecule has 2 aromatic rings. The third-order valence-electron chi connectivity index (χ3n) is 6.66. The van der Waals surface area contributed by atoms with E-state index in [-0.39, 0.29) is 31.1 Å². The number of ether oxygens (including phenoxy) is 1. The minimum absolute atomic E-state index is 0.0328. The fourth-order valence-electron chi connectivity index (χ4n) is 4.86. The number of halogens is 7. The van der Waals surface area contributed by atoms with Gasteiger partial charge in [0, 0.05) is 38.5 Å². The van der Waals surface area contributed by atoms with Gasteiger partial charge in [0.05, 0.1) is 11.1 Å². The third kappa shape index (κ3) is 7.66. The Morgan fingerprint density at radius 1 is 0.975 bits per heavy atom. The molecule has 220 valence electrons. The van der Waals surface area contributed by atoms with Crippen LogP contribution >= 0.6 is 0 Å². The molecule has 5 nitrogen and oxygen atoms in total. The standard InChI is InChI=1S/C28H31F7N2O3/c1-16-10-20(29)6-7-21(16)23-15-37(25(39)40-26(2,3)4)9-8-22(23)24(38)36(5)14-17-11-18(27(30,31)32)13-19(12-17)28(33,34)35/h6-7,10-13,22-23H,8-9,14-15H2,1-5H3/t22-,23+/m0/s1. The molecule has 40 heavy (non-hydrogen) atoms. The van der Waals surface area contributed by atoms with E-state index in [1.807, 2.05) is 0 Å². The van der Waals surface area contributed by atoms with Crippen molar-refractivity contribution in [1.29, 1.82) is 0 Å². The van der Waals surface area contributed by atoms with Gasteiger partial charge in [-0.05, 0) is 81.1 Å². The molecule has 0 spiro atoms. The number of hydrogen-bond donors (Lipinski definition) is 0. The van der Waals surface area contributed by atoms with Gasteiger partial charge in [0.1, 0.15) is 11.4 Å². The average Bonchev–Trinajstić information content (AvgIpc) is 2.81. The van der Waals surface area contributed by atoms with Crippen LogP contribution in [0.25, 0.3) is 0 Å². The van der Waals surface area contributed by atoms with Crippen LogP contribution in [0.5, 0.6) is 0 Å². The van der Waals surface area contributed by atoms with Crippen LogP contribution in [0.15, 0.2) is 36.4 Å². The summed E-state index contributed by atoms with van der Waals surface area (Å²) in [6.45, 7) is 6.44. The van der Waals surface area contributed by atoms with E-state index in [1.165, 1.54) is 30.1 Å². The first kappa shape index (κ1) is 31.2. The van der Waals surface area contributed by atoms with Crippen molar-refractivity contribution in [3.63, 3.8) is 0 Å². The molecular weight excluding hydrogens is 545 g/mol. The first-order valence-electron chi connectivity index (χ1n) is 12.5. The Kier molecular flexibility index (Phi) is 8.81. The first-order valence-corrected chi connectivity index (χ1v) is 12.5. The lowest BCUT2D eigenvalue weighted by atomic mass is 9.78. The lowest BCUT2D eigenvalue weighted by Crippen LogP contribution is -2.49. The van der Waals surface area contributed by atoms with Crippen molar-refractivity contribution in [2.24, 2.45) is 5.92 Å². The fraction of sp³-hybridized carbons (Fsp3) is 0.500. The number of benzene rings is 2. The van der Waals surface area contributed by atoms with E-state index in [4.69, 9.17) is 4.74 Å². The summed E-state index contributed by atoms with van der Waals surface area (Å²) in [6.07, 6.45) is -10.5. The monoisotopic (exact) mass is 576 g/mol. The number of piperidine rings is 1. The molecule has 0 unspecified atom stereocenters. The van der Waals surface area contributed by atoms with Gasteiger partial charge in [-0.15, -0.1) is 0 Å². The molecular formula is C28H31F7N2O3. The van der Waals surface area contributed by atoms with E-state index < -0.39 is 65.3 Å². The maximum absolute atomic E-state index is 13.8. The summed E-state index contributed by atoms with van der Waals surface area (Å²) in [6, 6.07) is 5.23. The minimum Gasteiger partial charge on any atom is -0.444 e. The van der Waals surface area contributed by atoms with Crippen LogP contribution in [0.4, 0.5) is 35.5 Å². The normalized spacial score (nSPS) is 18.4. The number of alkyl halides is 6. The molecule has 0 aromatic heterocycles. The van der Waals surface area contributed by atoms with Crippen molar-refractivity contribution in [2.75, 3.05) is 20.1 Å². The number of hydrogen-bond acceptors (Lipinski definition) is 3. The predicted molar refractivity (Wildman–Crippen MR) is 133 cm³/mol. The van der Waals surface area contributed by atoms with Gasteiger partial charge in [-0.25, -0.2) is 9.18 Å². The summed E-state index contributed by atoms with van der Waals surface area (Å²) in [5.74, 6) is -2.42. The number of likely N-dealkylation sites (tertiary alicyclic amines) is 1. The van der Waals surface area contributed by atoms with Crippen LogP contribution in [0.3, 0.4) is 0 Å². The SMILES string of the molecule is Cc1cc(F)ccc1[C@H]1CN(C(=O)OC(C)(C)C)CC[C@@H]1C(=O)N(C)Cc1cc(C(F)(F)F)cc(C(F)(F)F)c1. The molecule has 0 N–H and O–H groups in total. The summed E-state index contributed by atoms with van der Waals surface area (Å²) in [4.78, 5) is 28.9. The van der Waals surface area contributed by atoms with Crippen LogP contribution in [0.1, 0.15) is 60.9 Å². The number of amides is 2. The van der Waals surface area contributed by atoms with E-state index in [0.29, 0.717) is 23.3 Å². The van der Waals surface area contributed by atoms with Crippen molar-refractivity contribution >= 4 is 12.0 Å². The van der Waals surface area contributed by atoms with Crippen molar-refractivity contribution < 1.29 is 45.1 Å². The Balaban J connectivity index is 1.92. The number of carbonyl (C=O) groups is 2. The predicted octanol–water partition coefficient (Wildman–Crippen LogP) is 7.17. The molecule has 12 heteroatoms. The number of rotatable bonds is 4. The molecule has 2 amide bonds. The van der Waals surface area contributed by atoms with E-state index in [2.05, 4.69) is 0 Å². The summed E-state index contributed by atoms with van der Waals surface area (Å²) in [7, 11) is 1.30. The highest BCUT2D eigenvalue weighted by atomic mass is 19.4. The topological polar surface area (TPSA) is 49.9 Å². The second-order valence-corrected chi connectivity index (χ2v) is 11.0. The van der Waals surface area contributed by atoms with Gasteiger partial charge in [0.2, 0.25) is 5.91 Å². The van der Waals surface area contributed by atoms with Gasteiger partial charge in [-0.2, -0.15) is 26.3 Å². The van der Waals surface area contributed by atoms with Gasteiger partial charge in [-0.3, -0.25) is 4.79 Å². The summed E-state index contributed by atoms with van der Waals surface area (Å²) >= 11 is 0. The van der Waals surface area contributed by atoms with E-state index in [1.54, 1.807) is 27.7 Å². The Morgan fingerprint density at radius 2 is 1.55 bits per heavy atom. The molecule has 0 bridgehead atoms. The zero-order valence-electron chi connectivity index (χ0n) is 22.7. The molecule has 1 aliphatic heterocycles. The Morgan fingerprint density at radius 3 is 2.05 bits per heavy atom. The molecule has 2 aromatic carbocycles. The molecule has 0 radical (unpaired) electrons. The fourth-order valence-corrected chi connectivity index (χ4v) is 4.86. The quantitative estimate of drug-likeness (QED) is 0.363. The molecule has 1 fully saturated rings. The van der Waals surface area contributed by atoms with Crippen LogP contribution in [0, 0.1) is 18.7 Å². The van der Waals surface area contributed by atoms with Gasteiger partial charge in [-0.1, -0.05) is 6.07 Å². The largest absolute Gasteiger partial charge is 0.444 e. The first-order chi connectivity index (χ1) is 18.3. The molecule has 0 saturated carbocycles. The van der Waals surface area contributed by atoms with Crippen LogP contribution < -0.4 is 0 Å². The second-order valence-electron chi connectivity index (χ2n) is 11.0. The number of carbonyl (C=O) groups excluding carboxylic acids is 2. The minimum atomic E-state index is -5.02. The second kappa shape index (κ2) is 11.3. The van der Waals surface area contributed by atoms with Crippen molar-refractivity contribution in [1.82, 2.24) is 9.80 Å². The smallest absolute Gasteiger partial charge is 0.416 e. The Bertz CT molecular complexity index is 1220. The lowest BCUT2D eigenvalue weighted by Gasteiger charge is -2.40. The van der Waals surface area contributed by atoms with E-state index in [0.717, 1.165) is 4.90 Å². The van der Waals surface area contributed by atoms with Crippen LogP contribution in [-0.2, 0) is 28.4 Å². The van der Waals surface area contributed by atoms with Crippen LogP contribution in [-0.4, -0.2) is 47.5 Å². The van der Waals surface area contributed by atoms with Crippen molar-refractivity contribution in [3.05, 3.63) is 70.0 Å². The Hall–Kier alpha value is -3.31. The maximum atomic E-state index is 13.8. The molecule has 1 heterocycles. The molecule has 1 aliphatic rings. The number of nitrogens with zero attached hydrogens (tertiary/aromatic N) is 2. The van der Waals surface area contributed by atoms with Crippen molar-refractivity contribution in [2.45, 2.75) is 64.5 Å².